The Kier molecular flexibility index (Phi) is 5.64. The van der Waals surface area contributed by atoms with Gasteiger partial charge in [0.1, 0.15) is 0 Å². The number of rotatable bonds is 3. The monoisotopic (exact) mass is 559 g/mol. The van der Waals surface area contributed by atoms with Crippen molar-refractivity contribution < 1.29 is 0 Å². The molecule has 0 spiro atoms. The first-order valence-electron chi connectivity index (χ1n) is 15.3. The summed E-state index contributed by atoms with van der Waals surface area (Å²) >= 11 is 0. The van der Waals surface area contributed by atoms with Crippen LogP contribution in [0.1, 0.15) is 0 Å². The molecule has 44 heavy (non-hydrogen) atoms. The first kappa shape index (κ1) is 24.9. The predicted octanol–water partition coefficient (Wildman–Crippen LogP) is 9.13. The summed E-state index contributed by atoms with van der Waals surface area (Å²) in [5, 5.41) is 13.9. The van der Waals surface area contributed by atoms with Gasteiger partial charge in [-0.3, -0.25) is 0 Å². The molecule has 1 heterocycles. The van der Waals surface area contributed by atoms with Crippen LogP contribution in [0.4, 0.5) is 0 Å². The van der Waals surface area contributed by atoms with Gasteiger partial charge in [0.15, 0.2) is 0 Å². The van der Waals surface area contributed by atoms with Gasteiger partial charge in [0, 0.05) is 11.4 Å². The second kappa shape index (κ2) is 9.97. The molecule has 0 aromatic heterocycles. The van der Waals surface area contributed by atoms with Crippen molar-refractivity contribution in [3.8, 4) is 33.4 Å². The van der Waals surface area contributed by atoms with Crippen molar-refractivity contribution in [3.63, 3.8) is 0 Å². The fraction of sp³-hybridized carbons (Fsp3) is 0.0233. The van der Waals surface area contributed by atoms with Gasteiger partial charge in [0.25, 0.3) is 0 Å². The van der Waals surface area contributed by atoms with Crippen molar-refractivity contribution in [1.82, 2.24) is 5.32 Å². The van der Waals surface area contributed by atoms with Crippen molar-refractivity contribution in [2.45, 2.75) is 6.04 Å². The SMILES string of the molecule is C1=CC2=c3c(-c4cccc5ccccc45)c4ccccc4c(-c4ccc(-c5ccc6ccccc6c5)cc4)c3=CNC2C=C1. The Morgan fingerprint density at radius 1 is 0.477 bits per heavy atom. The highest BCUT2D eigenvalue weighted by Crippen LogP contribution is 2.36. The van der Waals surface area contributed by atoms with Crippen molar-refractivity contribution in [1.29, 1.82) is 0 Å². The minimum atomic E-state index is 0.144. The maximum absolute atomic E-state index is 3.72. The molecule has 206 valence electrons. The van der Waals surface area contributed by atoms with Crippen LogP contribution in [0.5, 0.6) is 0 Å². The molecule has 1 unspecified atom stereocenters. The van der Waals surface area contributed by atoms with Crippen LogP contribution in [0.2, 0.25) is 0 Å². The highest BCUT2D eigenvalue weighted by Gasteiger charge is 2.23. The third kappa shape index (κ3) is 3.87. The van der Waals surface area contributed by atoms with Gasteiger partial charge in [-0.1, -0.05) is 152 Å². The maximum atomic E-state index is 3.72. The Labute approximate surface area is 256 Å². The molecule has 0 saturated carbocycles. The third-order valence-corrected chi connectivity index (χ3v) is 9.29. The molecule has 0 radical (unpaired) electrons. The summed E-state index contributed by atoms with van der Waals surface area (Å²) in [5.74, 6) is 0. The van der Waals surface area contributed by atoms with Crippen molar-refractivity contribution >= 4 is 44.1 Å². The lowest BCUT2D eigenvalue weighted by Gasteiger charge is -2.26. The summed E-state index contributed by atoms with van der Waals surface area (Å²) in [7, 11) is 0. The lowest BCUT2D eigenvalue weighted by molar-refractivity contribution is 0.879. The van der Waals surface area contributed by atoms with E-state index in [2.05, 4.69) is 169 Å². The standard InChI is InChI=1S/C43H29N/c1-2-12-32-26-33(25-22-28(32)10-1)29-20-23-31(24-21-29)41-36-15-5-6-16-37(36)42(35-18-9-13-30-11-3-4-14-34(30)35)43-38-17-7-8-19-40(38)44-27-39(41)43/h1-27,40,44H. The van der Waals surface area contributed by atoms with Gasteiger partial charge >= 0.3 is 0 Å². The molecule has 0 fully saturated rings. The smallest absolute Gasteiger partial charge is 0.0702 e. The maximum Gasteiger partial charge on any atom is 0.0702 e. The van der Waals surface area contributed by atoms with Crippen LogP contribution in [0.25, 0.3) is 77.5 Å². The van der Waals surface area contributed by atoms with Crippen molar-refractivity contribution in [2.75, 3.05) is 0 Å². The predicted molar refractivity (Wildman–Crippen MR) is 188 cm³/mol. The Morgan fingerprint density at radius 2 is 1.14 bits per heavy atom. The molecule has 1 aliphatic carbocycles. The summed E-state index contributed by atoms with van der Waals surface area (Å²) < 4.78 is 0. The van der Waals surface area contributed by atoms with Gasteiger partial charge in [-0.05, 0) is 82.6 Å². The van der Waals surface area contributed by atoms with E-state index in [1.807, 2.05) is 0 Å². The van der Waals surface area contributed by atoms with Crippen LogP contribution in [-0.2, 0) is 0 Å². The van der Waals surface area contributed by atoms with E-state index in [0.29, 0.717) is 0 Å². The molecule has 1 heteroatoms. The van der Waals surface area contributed by atoms with Gasteiger partial charge in [-0.15, -0.1) is 0 Å². The molecular formula is C43H29N. The van der Waals surface area contributed by atoms with Gasteiger partial charge in [-0.2, -0.15) is 0 Å². The largest absolute Gasteiger partial charge is 0.380 e. The summed E-state index contributed by atoms with van der Waals surface area (Å²) in [6.45, 7) is 0. The molecule has 7 aromatic carbocycles. The molecule has 0 amide bonds. The van der Waals surface area contributed by atoms with Gasteiger partial charge in [0.05, 0.1) is 6.04 Å². The zero-order valence-electron chi connectivity index (χ0n) is 24.2. The Bertz CT molecular complexity index is 2450. The number of hydrogen-bond acceptors (Lipinski definition) is 1. The van der Waals surface area contributed by atoms with Crippen molar-refractivity contribution in [3.05, 3.63) is 168 Å². The molecule has 1 N–H and O–H groups in total. The van der Waals surface area contributed by atoms with Crippen LogP contribution in [0, 0.1) is 0 Å². The summed E-state index contributed by atoms with van der Waals surface area (Å²) in [5.41, 5.74) is 8.85. The average Bonchev–Trinajstić information content (AvgIpc) is 3.10. The Hall–Kier alpha value is -5.66. The van der Waals surface area contributed by atoms with Gasteiger partial charge < -0.3 is 5.32 Å². The number of nitrogens with one attached hydrogen (secondary N) is 1. The summed E-state index contributed by atoms with van der Waals surface area (Å²) in [6, 6.07) is 49.0. The fourth-order valence-electron chi connectivity index (χ4n) is 7.23. The molecular weight excluding hydrogens is 530 g/mol. The summed E-state index contributed by atoms with van der Waals surface area (Å²) in [4.78, 5) is 0. The van der Waals surface area contributed by atoms with E-state index in [9.17, 15) is 0 Å². The second-order valence-corrected chi connectivity index (χ2v) is 11.7. The van der Waals surface area contributed by atoms with Crippen LogP contribution in [0.3, 0.4) is 0 Å². The average molecular weight is 560 g/mol. The molecule has 7 aromatic rings. The van der Waals surface area contributed by atoms with E-state index >= 15 is 0 Å². The van der Waals surface area contributed by atoms with Crippen LogP contribution < -0.4 is 15.8 Å². The van der Waals surface area contributed by atoms with E-state index < -0.39 is 0 Å². The lowest BCUT2D eigenvalue weighted by atomic mass is 9.83. The minimum absolute atomic E-state index is 0.144. The molecule has 1 atom stereocenters. The van der Waals surface area contributed by atoms with Crippen LogP contribution >= 0.6 is 0 Å². The lowest BCUT2D eigenvalue weighted by Crippen LogP contribution is -2.44. The van der Waals surface area contributed by atoms with E-state index in [1.165, 1.54) is 81.7 Å². The Balaban J connectivity index is 1.34. The summed E-state index contributed by atoms with van der Waals surface area (Å²) in [6.07, 6.45) is 11.1. The van der Waals surface area contributed by atoms with E-state index in [4.69, 9.17) is 0 Å². The van der Waals surface area contributed by atoms with Crippen molar-refractivity contribution in [2.24, 2.45) is 0 Å². The van der Waals surface area contributed by atoms with E-state index in [1.54, 1.807) is 0 Å². The highest BCUT2D eigenvalue weighted by molar-refractivity contribution is 6.11. The Morgan fingerprint density at radius 3 is 1.98 bits per heavy atom. The topological polar surface area (TPSA) is 12.0 Å². The first-order valence-corrected chi connectivity index (χ1v) is 15.3. The van der Waals surface area contributed by atoms with Crippen LogP contribution in [0.15, 0.2) is 158 Å². The zero-order valence-corrected chi connectivity index (χ0v) is 24.2. The fourth-order valence-corrected chi connectivity index (χ4v) is 7.23. The second-order valence-electron chi connectivity index (χ2n) is 11.7. The van der Waals surface area contributed by atoms with Gasteiger partial charge in [0.2, 0.25) is 0 Å². The number of fused-ring (bicyclic) bond motifs is 5. The zero-order chi connectivity index (χ0) is 29.0. The third-order valence-electron chi connectivity index (χ3n) is 9.29. The minimum Gasteiger partial charge on any atom is -0.380 e. The first-order chi connectivity index (χ1) is 21.8. The molecule has 1 aliphatic heterocycles. The quantitative estimate of drug-likeness (QED) is 0.228. The number of benzene rings is 7. The van der Waals surface area contributed by atoms with E-state index in [-0.39, 0.29) is 6.04 Å². The number of hydrogen-bond donors (Lipinski definition) is 1. The molecule has 0 saturated heterocycles. The van der Waals surface area contributed by atoms with Gasteiger partial charge in [-0.25, -0.2) is 0 Å². The molecule has 9 rings (SSSR count). The molecule has 1 nitrogen and oxygen atoms in total. The van der Waals surface area contributed by atoms with Crippen LogP contribution in [-0.4, -0.2) is 6.04 Å². The van der Waals surface area contributed by atoms with E-state index in [0.717, 1.165) is 0 Å². The highest BCUT2D eigenvalue weighted by atomic mass is 14.9. The molecule has 0 bridgehead atoms. The number of allylic oxidation sites excluding steroid dienone is 2. The normalized spacial score (nSPS) is 15.2. The molecule has 2 aliphatic rings.